The van der Waals surface area contributed by atoms with Gasteiger partial charge in [0.1, 0.15) is 0 Å². The van der Waals surface area contributed by atoms with Crippen molar-refractivity contribution < 1.29 is 5.11 Å². The number of hydrogen-bond acceptors (Lipinski definition) is 3. The summed E-state index contributed by atoms with van der Waals surface area (Å²) < 4.78 is 0. The van der Waals surface area contributed by atoms with Gasteiger partial charge in [-0.2, -0.15) is 0 Å². The third-order valence-corrected chi connectivity index (χ3v) is 2.92. The summed E-state index contributed by atoms with van der Waals surface area (Å²) in [5.74, 6) is 2.62. The maximum absolute atomic E-state index is 9.98. The highest BCUT2D eigenvalue weighted by atomic mass is 16.3. The van der Waals surface area contributed by atoms with Crippen LogP contribution >= 0.6 is 0 Å². The fraction of sp³-hybridized carbons (Fsp3) is 0.467. The lowest BCUT2D eigenvalue weighted by Crippen LogP contribution is -2.48. The Hall–Kier alpha value is -1.34. The molecule has 1 aromatic rings. The van der Waals surface area contributed by atoms with Crippen LogP contribution in [0.5, 0.6) is 0 Å². The van der Waals surface area contributed by atoms with Crippen LogP contribution in [0.15, 0.2) is 30.3 Å². The van der Waals surface area contributed by atoms with Crippen molar-refractivity contribution in [3.05, 3.63) is 35.9 Å². The van der Waals surface area contributed by atoms with Gasteiger partial charge in [0.15, 0.2) is 0 Å². The zero-order chi connectivity index (χ0) is 13.6. The van der Waals surface area contributed by atoms with Crippen LogP contribution in [0.1, 0.15) is 19.4 Å². The molecule has 0 aromatic heterocycles. The number of benzene rings is 1. The van der Waals surface area contributed by atoms with E-state index in [4.69, 9.17) is 12.2 Å². The summed E-state index contributed by atoms with van der Waals surface area (Å²) in [4.78, 5) is 0. The average molecular weight is 246 g/mol. The molecule has 0 radical (unpaired) electrons. The number of nitrogens with one attached hydrogen (secondary N) is 1. The topological polar surface area (TPSA) is 58.3 Å². The van der Waals surface area contributed by atoms with Gasteiger partial charge in [0.25, 0.3) is 0 Å². The van der Waals surface area contributed by atoms with Crippen molar-refractivity contribution in [2.75, 3.05) is 6.54 Å². The minimum absolute atomic E-state index is 0.298. The fourth-order valence-electron chi connectivity index (χ4n) is 1.58. The molecule has 3 nitrogen and oxygen atoms in total. The first-order chi connectivity index (χ1) is 8.44. The lowest BCUT2D eigenvalue weighted by Gasteiger charge is -2.25. The maximum atomic E-state index is 9.98. The average Bonchev–Trinajstić information content (AvgIpc) is 2.37. The highest BCUT2D eigenvalue weighted by Crippen LogP contribution is 2.05. The molecule has 0 spiro atoms. The van der Waals surface area contributed by atoms with Gasteiger partial charge in [0, 0.05) is 12.6 Å². The van der Waals surface area contributed by atoms with E-state index in [1.807, 2.05) is 44.2 Å². The lowest BCUT2D eigenvalue weighted by atomic mass is 10.0. The van der Waals surface area contributed by atoms with E-state index in [1.54, 1.807) is 0 Å². The quantitative estimate of drug-likeness (QED) is 0.654. The Balaban J connectivity index is 2.43. The molecule has 0 aliphatic carbocycles. The van der Waals surface area contributed by atoms with E-state index >= 15 is 0 Å². The summed E-state index contributed by atoms with van der Waals surface area (Å²) in [5.41, 5.74) is 6.68. The summed E-state index contributed by atoms with van der Waals surface area (Å²) in [6, 6.07) is 9.61. The SMILES string of the molecule is C#CC(C)(C)NC[C@@H](O)[C@@H](N)Cc1ccccc1. The first kappa shape index (κ1) is 14.7. The van der Waals surface area contributed by atoms with Gasteiger partial charge in [-0.3, -0.25) is 5.32 Å². The van der Waals surface area contributed by atoms with Crippen LogP contribution in [0, 0.1) is 12.3 Å². The molecule has 4 N–H and O–H groups in total. The second-order valence-corrected chi connectivity index (χ2v) is 5.07. The van der Waals surface area contributed by atoms with E-state index in [9.17, 15) is 5.11 Å². The standard InChI is InChI=1S/C15H22N2O/c1-4-15(2,3)17-11-14(18)13(16)10-12-8-6-5-7-9-12/h1,5-9,13-14,17-18H,10-11,16H2,2-3H3/t13-,14+/m0/s1. The summed E-state index contributed by atoms with van der Waals surface area (Å²) in [6.45, 7) is 4.18. The molecule has 0 unspecified atom stereocenters. The van der Waals surface area contributed by atoms with Crippen LogP contribution in [-0.2, 0) is 6.42 Å². The maximum Gasteiger partial charge on any atom is 0.0818 e. The molecule has 98 valence electrons. The lowest BCUT2D eigenvalue weighted by molar-refractivity contribution is 0.136. The van der Waals surface area contributed by atoms with E-state index in [-0.39, 0.29) is 6.04 Å². The molecule has 0 amide bonds. The van der Waals surface area contributed by atoms with Crippen LogP contribution in [0.3, 0.4) is 0 Å². The Bertz CT molecular complexity index is 395. The molecular weight excluding hydrogens is 224 g/mol. The van der Waals surface area contributed by atoms with Crippen LogP contribution in [0.2, 0.25) is 0 Å². The number of aliphatic hydroxyl groups excluding tert-OH is 1. The number of aliphatic hydroxyl groups is 1. The number of rotatable bonds is 6. The van der Waals surface area contributed by atoms with E-state index in [0.717, 1.165) is 5.56 Å². The fourth-order valence-corrected chi connectivity index (χ4v) is 1.58. The zero-order valence-corrected chi connectivity index (χ0v) is 11.1. The first-order valence-corrected chi connectivity index (χ1v) is 6.15. The number of nitrogens with two attached hydrogens (primary N) is 1. The van der Waals surface area contributed by atoms with Crippen LogP contribution < -0.4 is 11.1 Å². The molecule has 0 saturated heterocycles. The number of β-amino-alcohol motifs (C(OH)–C–C–N with tert-alkyl or cyclic N) is 1. The van der Waals surface area contributed by atoms with E-state index in [2.05, 4.69) is 11.2 Å². The van der Waals surface area contributed by atoms with Gasteiger partial charge >= 0.3 is 0 Å². The van der Waals surface area contributed by atoms with Crippen molar-refractivity contribution in [2.24, 2.45) is 5.73 Å². The van der Waals surface area contributed by atoms with Gasteiger partial charge in [-0.15, -0.1) is 6.42 Å². The Morgan fingerprint density at radius 3 is 2.56 bits per heavy atom. The summed E-state index contributed by atoms with van der Waals surface area (Å²) in [6.07, 6.45) is 5.41. The molecule has 0 bridgehead atoms. The summed E-state index contributed by atoms with van der Waals surface area (Å²) in [5, 5.41) is 13.1. The largest absolute Gasteiger partial charge is 0.390 e. The van der Waals surface area contributed by atoms with Gasteiger partial charge in [0.2, 0.25) is 0 Å². The second kappa shape index (κ2) is 6.55. The molecule has 0 saturated carbocycles. The van der Waals surface area contributed by atoms with Crippen molar-refractivity contribution in [3.8, 4) is 12.3 Å². The Kier molecular flexibility index (Phi) is 5.36. The van der Waals surface area contributed by atoms with Crippen molar-refractivity contribution in [2.45, 2.75) is 38.0 Å². The van der Waals surface area contributed by atoms with E-state index in [1.165, 1.54) is 0 Å². The molecule has 3 heteroatoms. The highest BCUT2D eigenvalue weighted by molar-refractivity contribution is 5.16. The smallest absolute Gasteiger partial charge is 0.0818 e. The molecule has 1 aromatic carbocycles. The summed E-state index contributed by atoms with van der Waals surface area (Å²) in [7, 11) is 0. The van der Waals surface area contributed by atoms with Crippen molar-refractivity contribution in [3.63, 3.8) is 0 Å². The predicted octanol–water partition coefficient (Wildman–Crippen LogP) is 0.919. The molecule has 0 aliphatic heterocycles. The molecule has 0 aliphatic rings. The normalized spacial score (nSPS) is 14.8. The monoisotopic (exact) mass is 246 g/mol. The van der Waals surface area contributed by atoms with Crippen LogP contribution in [0.25, 0.3) is 0 Å². The molecule has 0 fully saturated rings. The Morgan fingerprint density at radius 1 is 1.39 bits per heavy atom. The Morgan fingerprint density at radius 2 is 2.00 bits per heavy atom. The first-order valence-electron chi connectivity index (χ1n) is 6.15. The molecule has 2 atom stereocenters. The third-order valence-electron chi connectivity index (χ3n) is 2.92. The number of hydrogen-bond donors (Lipinski definition) is 3. The molecule has 18 heavy (non-hydrogen) atoms. The van der Waals surface area contributed by atoms with Gasteiger partial charge < -0.3 is 10.8 Å². The third kappa shape index (κ3) is 4.89. The predicted molar refractivity (Wildman–Crippen MR) is 75.0 cm³/mol. The minimum Gasteiger partial charge on any atom is -0.390 e. The van der Waals surface area contributed by atoms with Gasteiger partial charge in [-0.05, 0) is 25.8 Å². The van der Waals surface area contributed by atoms with E-state index in [0.29, 0.717) is 13.0 Å². The highest BCUT2D eigenvalue weighted by Gasteiger charge is 2.19. The zero-order valence-electron chi connectivity index (χ0n) is 11.1. The van der Waals surface area contributed by atoms with E-state index < -0.39 is 11.6 Å². The molecular formula is C15H22N2O. The Labute approximate surface area is 109 Å². The number of terminal acetylenes is 1. The van der Waals surface area contributed by atoms with Crippen molar-refractivity contribution >= 4 is 0 Å². The van der Waals surface area contributed by atoms with Crippen molar-refractivity contribution in [1.82, 2.24) is 5.32 Å². The second-order valence-electron chi connectivity index (χ2n) is 5.07. The van der Waals surface area contributed by atoms with Gasteiger partial charge in [-0.1, -0.05) is 36.3 Å². The minimum atomic E-state index is -0.613. The van der Waals surface area contributed by atoms with Crippen LogP contribution in [-0.4, -0.2) is 29.3 Å². The van der Waals surface area contributed by atoms with Crippen LogP contribution in [0.4, 0.5) is 0 Å². The van der Waals surface area contributed by atoms with Gasteiger partial charge in [-0.25, -0.2) is 0 Å². The molecule has 0 heterocycles. The molecule has 1 rings (SSSR count). The summed E-state index contributed by atoms with van der Waals surface area (Å²) >= 11 is 0. The van der Waals surface area contributed by atoms with Gasteiger partial charge in [0.05, 0.1) is 11.6 Å². The van der Waals surface area contributed by atoms with Crippen molar-refractivity contribution in [1.29, 1.82) is 0 Å².